The van der Waals surface area contributed by atoms with Gasteiger partial charge < -0.3 is 10.1 Å². The summed E-state index contributed by atoms with van der Waals surface area (Å²) < 4.78 is 0. The number of aromatic hydroxyl groups is 1. The number of rotatable bonds is 3. The molecule has 146 valence electrons. The molecule has 3 aromatic carbocycles. The molecule has 0 saturated carbocycles. The number of aryl methyl sites for hydroxylation is 2. The molecule has 0 radical (unpaired) electrons. The summed E-state index contributed by atoms with van der Waals surface area (Å²) in [5.74, 6) is 0.220. The minimum atomic E-state index is -0.0217. The number of benzene rings is 3. The van der Waals surface area contributed by atoms with Crippen LogP contribution in [0.25, 0.3) is 33.1 Å². The first-order valence-corrected chi connectivity index (χ1v) is 9.66. The number of nitrogens with one attached hydrogen (secondary N) is 1. The van der Waals surface area contributed by atoms with Gasteiger partial charge in [-0.2, -0.15) is 0 Å². The molecule has 2 heterocycles. The molecule has 5 aromatic rings. The van der Waals surface area contributed by atoms with E-state index in [1.54, 1.807) is 0 Å². The van der Waals surface area contributed by atoms with E-state index < -0.39 is 0 Å². The Morgan fingerprint density at radius 2 is 1.60 bits per heavy atom. The zero-order valence-electron chi connectivity index (χ0n) is 16.6. The standard InChI is InChI=1S/C24H19N5O/c1-14-12-15(2)20-18(13-14)22(23(30)26-20)28-29-24-25-19-11-7-6-10-17(19)21(27-24)16-8-4-3-5-9-16/h3-13,26,30H,1-2H3. The SMILES string of the molecule is Cc1cc(C)c2[nH]c(O)c(N=Nc3nc(-c4ccccc4)c4ccccc4n3)c2c1. The molecular weight excluding hydrogens is 374 g/mol. The number of nitrogens with zero attached hydrogens (tertiary/aromatic N) is 4. The Labute approximate surface area is 173 Å². The van der Waals surface area contributed by atoms with Crippen LogP contribution in [0.15, 0.2) is 77.0 Å². The van der Waals surface area contributed by atoms with Crippen molar-refractivity contribution in [2.75, 3.05) is 0 Å². The van der Waals surface area contributed by atoms with Crippen molar-refractivity contribution < 1.29 is 5.11 Å². The lowest BCUT2D eigenvalue weighted by atomic mass is 10.1. The number of azo groups is 1. The number of aromatic nitrogens is 3. The van der Waals surface area contributed by atoms with E-state index >= 15 is 0 Å². The highest BCUT2D eigenvalue weighted by atomic mass is 16.3. The van der Waals surface area contributed by atoms with Crippen molar-refractivity contribution in [3.8, 4) is 17.1 Å². The summed E-state index contributed by atoms with van der Waals surface area (Å²) in [5.41, 5.74) is 5.92. The van der Waals surface area contributed by atoms with Crippen LogP contribution in [0.5, 0.6) is 5.88 Å². The lowest BCUT2D eigenvalue weighted by molar-refractivity contribution is 0.459. The molecule has 0 saturated heterocycles. The van der Waals surface area contributed by atoms with E-state index in [9.17, 15) is 5.11 Å². The molecule has 6 heteroatoms. The molecule has 0 amide bonds. The van der Waals surface area contributed by atoms with E-state index in [2.05, 4.69) is 31.2 Å². The number of hydrogen-bond donors (Lipinski definition) is 2. The van der Waals surface area contributed by atoms with Gasteiger partial charge in [-0.25, -0.2) is 9.97 Å². The number of aromatic amines is 1. The molecule has 5 rings (SSSR count). The molecule has 0 aliphatic rings. The summed E-state index contributed by atoms with van der Waals surface area (Å²) in [6.07, 6.45) is 0. The largest absolute Gasteiger partial charge is 0.493 e. The average Bonchev–Trinajstić information content (AvgIpc) is 3.07. The maximum atomic E-state index is 10.4. The normalized spacial score (nSPS) is 11.7. The van der Waals surface area contributed by atoms with Crippen LogP contribution in [0.4, 0.5) is 11.6 Å². The maximum Gasteiger partial charge on any atom is 0.270 e. The van der Waals surface area contributed by atoms with Gasteiger partial charge in [0.05, 0.1) is 16.7 Å². The van der Waals surface area contributed by atoms with E-state index in [0.29, 0.717) is 5.69 Å². The maximum absolute atomic E-state index is 10.4. The topological polar surface area (TPSA) is 86.5 Å². The smallest absolute Gasteiger partial charge is 0.270 e. The van der Waals surface area contributed by atoms with Crippen LogP contribution in [0.3, 0.4) is 0 Å². The second kappa shape index (κ2) is 7.08. The Bertz CT molecular complexity index is 1420. The average molecular weight is 393 g/mol. The zero-order valence-corrected chi connectivity index (χ0v) is 16.6. The van der Waals surface area contributed by atoms with E-state index in [1.165, 1.54) is 0 Å². The molecule has 0 fully saturated rings. The monoisotopic (exact) mass is 393 g/mol. The summed E-state index contributed by atoms with van der Waals surface area (Å²) >= 11 is 0. The van der Waals surface area contributed by atoms with Crippen molar-refractivity contribution >= 4 is 33.4 Å². The Hall–Kier alpha value is -4.06. The van der Waals surface area contributed by atoms with Crippen LogP contribution in [0.1, 0.15) is 11.1 Å². The van der Waals surface area contributed by atoms with Gasteiger partial charge in [0.1, 0.15) is 0 Å². The Balaban J connectivity index is 1.66. The molecular formula is C24H19N5O. The Morgan fingerprint density at radius 3 is 2.43 bits per heavy atom. The third kappa shape index (κ3) is 3.08. The molecule has 2 N–H and O–H groups in total. The van der Waals surface area contributed by atoms with Crippen LogP contribution in [0, 0.1) is 13.8 Å². The van der Waals surface area contributed by atoms with Crippen LogP contribution < -0.4 is 0 Å². The van der Waals surface area contributed by atoms with E-state index in [1.807, 2.05) is 74.5 Å². The number of para-hydroxylation sites is 1. The van der Waals surface area contributed by atoms with E-state index in [-0.39, 0.29) is 11.8 Å². The first-order chi connectivity index (χ1) is 14.6. The fraction of sp³-hybridized carbons (Fsp3) is 0.0833. The van der Waals surface area contributed by atoms with Gasteiger partial charge in [-0.3, -0.25) is 0 Å². The number of hydrogen-bond acceptors (Lipinski definition) is 5. The van der Waals surface area contributed by atoms with Crippen molar-refractivity contribution in [1.82, 2.24) is 15.0 Å². The van der Waals surface area contributed by atoms with Crippen molar-refractivity contribution in [3.05, 3.63) is 77.9 Å². The van der Waals surface area contributed by atoms with Crippen molar-refractivity contribution in [2.24, 2.45) is 10.2 Å². The summed E-state index contributed by atoms with van der Waals surface area (Å²) in [4.78, 5) is 12.2. The van der Waals surface area contributed by atoms with Crippen molar-refractivity contribution in [2.45, 2.75) is 13.8 Å². The van der Waals surface area contributed by atoms with Crippen LogP contribution in [0.2, 0.25) is 0 Å². The summed E-state index contributed by atoms with van der Waals surface area (Å²) in [6, 6.07) is 21.8. The second-order valence-corrected chi connectivity index (χ2v) is 7.28. The Kier molecular flexibility index (Phi) is 4.25. The lowest BCUT2D eigenvalue weighted by Gasteiger charge is -2.06. The first kappa shape index (κ1) is 18.0. The third-order valence-corrected chi connectivity index (χ3v) is 5.08. The van der Waals surface area contributed by atoms with Gasteiger partial charge in [-0.1, -0.05) is 60.2 Å². The number of fused-ring (bicyclic) bond motifs is 2. The molecule has 0 spiro atoms. The highest BCUT2D eigenvalue weighted by Gasteiger charge is 2.14. The van der Waals surface area contributed by atoms with Crippen molar-refractivity contribution in [3.63, 3.8) is 0 Å². The first-order valence-electron chi connectivity index (χ1n) is 9.66. The minimum absolute atomic E-state index is 0.0217. The summed E-state index contributed by atoms with van der Waals surface area (Å²) in [6.45, 7) is 4.00. The molecule has 6 nitrogen and oxygen atoms in total. The van der Waals surface area contributed by atoms with Gasteiger partial charge in [0, 0.05) is 16.3 Å². The highest BCUT2D eigenvalue weighted by molar-refractivity contribution is 5.96. The lowest BCUT2D eigenvalue weighted by Crippen LogP contribution is -1.90. The van der Waals surface area contributed by atoms with E-state index in [4.69, 9.17) is 0 Å². The van der Waals surface area contributed by atoms with Gasteiger partial charge in [0.2, 0.25) is 5.88 Å². The van der Waals surface area contributed by atoms with Crippen LogP contribution in [-0.2, 0) is 0 Å². The molecule has 0 bridgehead atoms. The fourth-order valence-electron chi connectivity index (χ4n) is 3.75. The molecule has 0 unspecified atom stereocenters. The molecule has 0 aliphatic carbocycles. The molecule has 2 aromatic heterocycles. The van der Waals surface area contributed by atoms with Gasteiger partial charge in [-0.05, 0) is 31.5 Å². The van der Waals surface area contributed by atoms with Crippen LogP contribution >= 0.6 is 0 Å². The molecule has 0 aliphatic heterocycles. The fourth-order valence-corrected chi connectivity index (χ4v) is 3.75. The Morgan fingerprint density at radius 1 is 0.833 bits per heavy atom. The zero-order chi connectivity index (χ0) is 20.7. The van der Waals surface area contributed by atoms with Gasteiger partial charge in [0.25, 0.3) is 5.95 Å². The molecule has 0 atom stereocenters. The minimum Gasteiger partial charge on any atom is -0.493 e. The third-order valence-electron chi connectivity index (χ3n) is 5.08. The highest BCUT2D eigenvalue weighted by Crippen LogP contribution is 2.38. The summed E-state index contributed by atoms with van der Waals surface area (Å²) in [7, 11) is 0. The second-order valence-electron chi connectivity index (χ2n) is 7.28. The van der Waals surface area contributed by atoms with Crippen molar-refractivity contribution in [1.29, 1.82) is 0 Å². The predicted molar refractivity (Wildman–Crippen MR) is 119 cm³/mol. The van der Waals surface area contributed by atoms with E-state index in [0.717, 1.165) is 44.2 Å². The van der Waals surface area contributed by atoms with Gasteiger partial charge in [0.15, 0.2) is 5.69 Å². The summed E-state index contributed by atoms with van der Waals surface area (Å²) in [5, 5.41) is 20.7. The predicted octanol–water partition coefficient (Wildman–Crippen LogP) is 6.52. The van der Waals surface area contributed by atoms with Gasteiger partial charge in [-0.15, -0.1) is 10.2 Å². The van der Waals surface area contributed by atoms with Crippen LogP contribution in [-0.4, -0.2) is 20.1 Å². The number of H-pyrrole nitrogens is 1. The quantitative estimate of drug-likeness (QED) is 0.342. The van der Waals surface area contributed by atoms with Gasteiger partial charge >= 0.3 is 0 Å². The molecule has 30 heavy (non-hydrogen) atoms.